The zero-order chi connectivity index (χ0) is 14.9. The summed E-state index contributed by atoms with van der Waals surface area (Å²) in [7, 11) is 1.59. The third-order valence-corrected chi connectivity index (χ3v) is 3.86. The van der Waals surface area contributed by atoms with Gasteiger partial charge >= 0.3 is 5.97 Å². The Morgan fingerprint density at radius 1 is 1.10 bits per heavy atom. The number of hydrogen-bond acceptors (Lipinski definition) is 4. The molecule has 2 aromatic rings. The second-order valence-corrected chi connectivity index (χ2v) is 5.27. The lowest BCUT2D eigenvalue weighted by molar-refractivity contribution is -0.137. The second-order valence-electron chi connectivity index (χ2n) is 5.27. The Kier molecular flexibility index (Phi) is 3.39. The summed E-state index contributed by atoms with van der Waals surface area (Å²) in [5, 5.41) is 0. The number of carbonyl (C=O) groups excluding carboxylic acids is 1. The summed E-state index contributed by atoms with van der Waals surface area (Å²) in [5.41, 5.74) is 6.33. The van der Waals surface area contributed by atoms with E-state index in [0.29, 0.717) is 17.9 Å². The van der Waals surface area contributed by atoms with Crippen molar-refractivity contribution in [1.29, 1.82) is 0 Å². The van der Waals surface area contributed by atoms with Crippen molar-refractivity contribution in [3.63, 3.8) is 0 Å². The highest BCUT2D eigenvalue weighted by molar-refractivity contribution is 5.88. The first kappa shape index (κ1) is 13.6. The van der Waals surface area contributed by atoms with E-state index >= 15 is 0 Å². The molecule has 0 radical (unpaired) electrons. The number of hydrogen-bond donors (Lipinski definition) is 1. The standard InChI is InChI=1S/C17H17NO3/c1-20-13-7-9-14(10-8-13)21-16(19)17(18)11-15(17)12-5-3-2-4-6-12/h2-10,15H,11,18H2,1H3/t15-,17-/m0/s1. The predicted octanol–water partition coefficient (Wildman–Crippen LogP) is 2.49. The molecule has 1 aliphatic rings. The molecule has 0 spiro atoms. The van der Waals surface area contributed by atoms with Crippen molar-refractivity contribution in [2.45, 2.75) is 17.9 Å². The maximum absolute atomic E-state index is 12.3. The average molecular weight is 283 g/mol. The summed E-state index contributed by atoms with van der Waals surface area (Å²) >= 11 is 0. The van der Waals surface area contributed by atoms with Crippen LogP contribution in [0.1, 0.15) is 17.9 Å². The predicted molar refractivity (Wildman–Crippen MR) is 79.3 cm³/mol. The van der Waals surface area contributed by atoms with Crippen LogP contribution in [-0.2, 0) is 4.79 Å². The lowest BCUT2D eigenvalue weighted by atomic mass is 10.1. The number of nitrogens with two attached hydrogens (primary N) is 1. The molecule has 108 valence electrons. The van der Waals surface area contributed by atoms with Crippen molar-refractivity contribution < 1.29 is 14.3 Å². The number of methoxy groups -OCH3 is 1. The van der Waals surface area contributed by atoms with E-state index in [-0.39, 0.29) is 11.9 Å². The van der Waals surface area contributed by atoms with Gasteiger partial charge in [-0.15, -0.1) is 0 Å². The molecule has 4 heteroatoms. The Morgan fingerprint density at radius 2 is 1.71 bits per heavy atom. The van der Waals surface area contributed by atoms with Crippen LogP contribution >= 0.6 is 0 Å². The van der Waals surface area contributed by atoms with Gasteiger partial charge in [0.05, 0.1) is 7.11 Å². The van der Waals surface area contributed by atoms with Crippen molar-refractivity contribution in [2.24, 2.45) is 5.73 Å². The van der Waals surface area contributed by atoms with Gasteiger partial charge in [0, 0.05) is 5.92 Å². The van der Waals surface area contributed by atoms with E-state index in [4.69, 9.17) is 15.2 Å². The largest absolute Gasteiger partial charge is 0.497 e. The van der Waals surface area contributed by atoms with Gasteiger partial charge in [-0.05, 0) is 36.2 Å². The Morgan fingerprint density at radius 3 is 2.33 bits per heavy atom. The van der Waals surface area contributed by atoms with Crippen LogP contribution in [0.5, 0.6) is 11.5 Å². The normalized spacial score (nSPS) is 23.4. The minimum atomic E-state index is -0.915. The molecule has 0 saturated heterocycles. The number of rotatable bonds is 4. The van der Waals surface area contributed by atoms with Gasteiger partial charge in [-0.3, -0.25) is 0 Å². The zero-order valence-corrected chi connectivity index (χ0v) is 11.8. The van der Waals surface area contributed by atoms with Crippen LogP contribution in [0, 0.1) is 0 Å². The van der Waals surface area contributed by atoms with Crippen molar-refractivity contribution in [2.75, 3.05) is 7.11 Å². The molecule has 0 amide bonds. The van der Waals surface area contributed by atoms with Crippen LogP contribution in [0.2, 0.25) is 0 Å². The molecule has 0 aromatic heterocycles. The highest BCUT2D eigenvalue weighted by Crippen LogP contribution is 2.50. The molecule has 1 saturated carbocycles. The van der Waals surface area contributed by atoms with E-state index in [1.165, 1.54) is 0 Å². The molecule has 2 atom stereocenters. The fourth-order valence-corrected chi connectivity index (χ4v) is 2.45. The summed E-state index contributed by atoms with van der Waals surface area (Å²) in [5.74, 6) is 0.834. The summed E-state index contributed by atoms with van der Waals surface area (Å²) < 4.78 is 10.4. The van der Waals surface area contributed by atoms with Gasteiger partial charge in [0.1, 0.15) is 17.0 Å². The monoisotopic (exact) mass is 283 g/mol. The van der Waals surface area contributed by atoms with Gasteiger partial charge in [-0.25, -0.2) is 4.79 Å². The number of esters is 1. The molecule has 21 heavy (non-hydrogen) atoms. The van der Waals surface area contributed by atoms with Gasteiger partial charge in [-0.2, -0.15) is 0 Å². The Labute approximate surface area is 123 Å². The van der Waals surface area contributed by atoms with Gasteiger partial charge in [0.15, 0.2) is 0 Å². The highest BCUT2D eigenvalue weighted by Gasteiger charge is 2.59. The van der Waals surface area contributed by atoms with Crippen molar-refractivity contribution in [3.05, 3.63) is 60.2 Å². The minimum absolute atomic E-state index is 0.0319. The summed E-state index contributed by atoms with van der Waals surface area (Å²) in [4.78, 5) is 12.3. The first-order valence-corrected chi connectivity index (χ1v) is 6.83. The van der Waals surface area contributed by atoms with Gasteiger partial charge in [0.2, 0.25) is 0 Å². The van der Waals surface area contributed by atoms with Crippen LogP contribution < -0.4 is 15.2 Å². The second kappa shape index (κ2) is 5.22. The molecule has 1 aliphatic carbocycles. The summed E-state index contributed by atoms with van der Waals surface area (Å²) in [6, 6.07) is 16.7. The van der Waals surface area contributed by atoms with Gasteiger partial charge in [-0.1, -0.05) is 30.3 Å². The molecule has 1 fully saturated rings. The average Bonchev–Trinajstić information content (AvgIpc) is 3.22. The van der Waals surface area contributed by atoms with Crippen molar-refractivity contribution in [1.82, 2.24) is 0 Å². The SMILES string of the molecule is COc1ccc(OC(=O)[C@]2(N)C[C@H]2c2ccccc2)cc1. The van der Waals surface area contributed by atoms with Crippen LogP contribution in [0.25, 0.3) is 0 Å². The number of ether oxygens (including phenoxy) is 2. The lowest BCUT2D eigenvalue weighted by Crippen LogP contribution is -2.38. The molecule has 0 heterocycles. The van der Waals surface area contributed by atoms with Crippen LogP contribution in [0.15, 0.2) is 54.6 Å². The lowest BCUT2D eigenvalue weighted by Gasteiger charge is -2.11. The van der Waals surface area contributed by atoms with E-state index in [0.717, 1.165) is 5.56 Å². The molecule has 4 nitrogen and oxygen atoms in total. The zero-order valence-electron chi connectivity index (χ0n) is 11.8. The first-order valence-electron chi connectivity index (χ1n) is 6.83. The molecular formula is C17H17NO3. The van der Waals surface area contributed by atoms with E-state index < -0.39 is 5.54 Å². The third kappa shape index (κ3) is 2.62. The Balaban J connectivity index is 1.68. The van der Waals surface area contributed by atoms with Crippen LogP contribution in [0.3, 0.4) is 0 Å². The summed E-state index contributed by atoms with van der Waals surface area (Å²) in [6.07, 6.45) is 0.617. The van der Waals surface area contributed by atoms with Crippen molar-refractivity contribution in [3.8, 4) is 11.5 Å². The highest BCUT2D eigenvalue weighted by atomic mass is 16.5. The number of benzene rings is 2. The van der Waals surface area contributed by atoms with E-state index in [2.05, 4.69) is 0 Å². The third-order valence-electron chi connectivity index (χ3n) is 3.86. The van der Waals surface area contributed by atoms with Gasteiger partial charge < -0.3 is 15.2 Å². The molecular weight excluding hydrogens is 266 g/mol. The maximum Gasteiger partial charge on any atom is 0.332 e. The summed E-state index contributed by atoms with van der Waals surface area (Å²) in [6.45, 7) is 0. The number of carbonyl (C=O) groups is 1. The molecule has 0 unspecified atom stereocenters. The van der Waals surface area contributed by atoms with E-state index in [1.54, 1.807) is 31.4 Å². The van der Waals surface area contributed by atoms with E-state index in [1.807, 2.05) is 30.3 Å². The van der Waals surface area contributed by atoms with Gasteiger partial charge in [0.25, 0.3) is 0 Å². The Hall–Kier alpha value is -2.33. The van der Waals surface area contributed by atoms with Crippen LogP contribution in [-0.4, -0.2) is 18.6 Å². The van der Waals surface area contributed by atoms with Crippen LogP contribution in [0.4, 0.5) is 0 Å². The molecule has 2 aromatic carbocycles. The fraction of sp³-hybridized carbons (Fsp3) is 0.235. The smallest absolute Gasteiger partial charge is 0.332 e. The Bertz CT molecular complexity index is 639. The molecule has 2 N–H and O–H groups in total. The molecule has 3 rings (SSSR count). The quantitative estimate of drug-likeness (QED) is 0.691. The maximum atomic E-state index is 12.3. The molecule has 0 aliphatic heterocycles. The first-order chi connectivity index (χ1) is 10.1. The van der Waals surface area contributed by atoms with E-state index in [9.17, 15) is 4.79 Å². The minimum Gasteiger partial charge on any atom is -0.497 e. The topological polar surface area (TPSA) is 61.5 Å². The van der Waals surface area contributed by atoms with Crippen molar-refractivity contribution >= 4 is 5.97 Å². The fourth-order valence-electron chi connectivity index (χ4n) is 2.45. The molecule has 0 bridgehead atoms.